The van der Waals surface area contributed by atoms with Crippen LogP contribution in [-0.2, 0) is 4.79 Å². The molecular formula is C10H11NO2S. The van der Waals surface area contributed by atoms with Crippen LogP contribution in [0.25, 0.3) is 0 Å². The third-order valence-electron chi connectivity index (χ3n) is 1.57. The second-order valence-electron chi connectivity index (χ2n) is 2.91. The molecule has 1 aromatic rings. The summed E-state index contributed by atoms with van der Waals surface area (Å²) in [6.45, 7) is 3.32. The average Bonchev–Trinajstić information content (AvgIpc) is 2.15. The molecule has 0 aliphatic carbocycles. The maximum Gasteiger partial charge on any atom is 0.239 e. The predicted molar refractivity (Wildman–Crippen MR) is 56.9 cm³/mol. The van der Waals surface area contributed by atoms with Crippen molar-refractivity contribution in [2.45, 2.75) is 13.8 Å². The quantitative estimate of drug-likeness (QED) is 0.719. The number of carbonyl (C=O) groups is 2. The highest BCUT2D eigenvalue weighted by atomic mass is 32.2. The predicted octanol–water partition coefficient (Wildman–Crippen LogP) is 1.92. The zero-order chi connectivity index (χ0) is 10.6. The molecule has 4 heteroatoms. The Morgan fingerprint density at radius 2 is 1.79 bits per heavy atom. The first-order valence-corrected chi connectivity index (χ1v) is 4.95. The van der Waals surface area contributed by atoms with Crippen molar-refractivity contribution in [2.24, 2.45) is 0 Å². The highest BCUT2D eigenvalue weighted by Gasteiger charge is 2.06. The first-order chi connectivity index (χ1) is 6.59. The lowest BCUT2D eigenvalue weighted by Crippen LogP contribution is -2.13. The van der Waals surface area contributed by atoms with Gasteiger partial charge in [0, 0.05) is 24.4 Å². The van der Waals surface area contributed by atoms with E-state index in [0.29, 0.717) is 5.56 Å². The van der Waals surface area contributed by atoms with Crippen molar-refractivity contribution in [3.63, 3.8) is 0 Å². The van der Waals surface area contributed by atoms with Gasteiger partial charge in [0.25, 0.3) is 0 Å². The van der Waals surface area contributed by atoms with Crippen molar-refractivity contribution in [3.8, 4) is 0 Å². The van der Waals surface area contributed by atoms with Gasteiger partial charge in [0.2, 0.25) is 11.0 Å². The van der Waals surface area contributed by atoms with Crippen LogP contribution in [0.3, 0.4) is 0 Å². The van der Waals surface area contributed by atoms with E-state index in [0.717, 1.165) is 17.5 Å². The topological polar surface area (TPSA) is 46.2 Å². The van der Waals surface area contributed by atoms with Crippen LogP contribution in [0.2, 0.25) is 0 Å². The maximum absolute atomic E-state index is 11.4. The Labute approximate surface area is 87.0 Å². The summed E-state index contributed by atoms with van der Waals surface area (Å²) in [5.74, 6) is -0.226. The summed E-state index contributed by atoms with van der Waals surface area (Å²) in [5.41, 5.74) is 1.69. The van der Waals surface area contributed by atoms with E-state index in [-0.39, 0.29) is 11.0 Å². The molecule has 0 aliphatic rings. The molecule has 0 fully saturated rings. The van der Waals surface area contributed by atoms with E-state index in [4.69, 9.17) is 0 Å². The lowest BCUT2D eigenvalue weighted by molar-refractivity contribution is -0.117. The molecule has 0 saturated carbocycles. The molecule has 0 atom stereocenters. The summed E-state index contributed by atoms with van der Waals surface area (Å²) >= 11 is 0.805. The fourth-order valence-electron chi connectivity index (χ4n) is 0.867. The van der Waals surface area contributed by atoms with Crippen molar-refractivity contribution in [1.29, 1.82) is 0 Å². The van der Waals surface area contributed by atoms with Gasteiger partial charge in [0.05, 0.1) is 0 Å². The normalized spacial score (nSPS) is 9.57. The molecule has 1 aromatic carbocycles. The number of carbonyl (C=O) groups excluding carboxylic acids is 2. The number of hydrogen-bond acceptors (Lipinski definition) is 3. The highest BCUT2D eigenvalue weighted by molar-refractivity contribution is 8.12. The number of amides is 1. The molecule has 14 heavy (non-hydrogen) atoms. The number of benzene rings is 1. The van der Waals surface area contributed by atoms with E-state index >= 15 is 0 Å². The lowest BCUT2D eigenvalue weighted by Gasteiger charge is -2.00. The first-order valence-electron chi connectivity index (χ1n) is 4.14. The van der Waals surface area contributed by atoms with Crippen LogP contribution in [0.1, 0.15) is 22.8 Å². The molecule has 74 valence electrons. The molecule has 1 N–H and O–H groups in total. The molecule has 1 rings (SSSR count). The lowest BCUT2D eigenvalue weighted by atomic mass is 10.2. The average molecular weight is 209 g/mol. The minimum atomic E-state index is -0.226. The zero-order valence-electron chi connectivity index (χ0n) is 8.03. The Balaban J connectivity index is 2.61. The van der Waals surface area contributed by atoms with Gasteiger partial charge in [-0.3, -0.25) is 14.3 Å². The van der Waals surface area contributed by atoms with E-state index < -0.39 is 0 Å². The summed E-state index contributed by atoms with van der Waals surface area (Å²) < 4.78 is 2.39. The SMILES string of the molecule is CC(=O)NSC(=O)c1ccc(C)cc1. The van der Waals surface area contributed by atoms with Crippen LogP contribution in [-0.4, -0.2) is 11.0 Å². The van der Waals surface area contributed by atoms with E-state index in [9.17, 15) is 9.59 Å². The Morgan fingerprint density at radius 3 is 2.29 bits per heavy atom. The minimum Gasteiger partial charge on any atom is -0.294 e. The Hall–Kier alpha value is -1.29. The standard InChI is InChI=1S/C10H11NO2S/c1-7-3-5-9(6-4-7)10(13)14-11-8(2)12/h3-6H,1-2H3,(H,11,12). The maximum atomic E-state index is 11.4. The van der Waals surface area contributed by atoms with Gasteiger partial charge in [-0.2, -0.15) is 0 Å². The highest BCUT2D eigenvalue weighted by Crippen LogP contribution is 2.10. The second kappa shape index (κ2) is 4.81. The van der Waals surface area contributed by atoms with Crippen molar-refractivity contribution in [2.75, 3.05) is 0 Å². The van der Waals surface area contributed by atoms with E-state index in [1.54, 1.807) is 12.1 Å². The molecule has 0 heterocycles. The summed E-state index contributed by atoms with van der Waals surface area (Å²) in [6, 6.07) is 7.21. The third-order valence-corrected chi connectivity index (χ3v) is 2.39. The molecule has 3 nitrogen and oxygen atoms in total. The van der Waals surface area contributed by atoms with E-state index in [1.807, 2.05) is 19.1 Å². The Kier molecular flexibility index (Phi) is 3.71. The van der Waals surface area contributed by atoms with E-state index in [2.05, 4.69) is 4.72 Å². The number of rotatable bonds is 1. The van der Waals surface area contributed by atoms with Gasteiger partial charge < -0.3 is 0 Å². The number of aryl methyl sites for hydroxylation is 1. The molecule has 0 saturated heterocycles. The molecular weight excluding hydrogens is 198 g/mol. The number of hydrogen-bond donors (Lipinski definition) is 1. The van der Waals surface area contributed by atoms with Crippen molar-refractivity contribution in [3.05, 3.63) is 35.4 Å². The molecule has 0 radical (unpaired) electrons. The smallest absolute Gasteiger partial charge is 0.239 e. The fraction of sp³-hybridized carbons (Fsp3) is 0.200. The summed E-state index contributed by atoms with van der Waals surface area (Å²) in [7, 11) is 0. The van der Waals surface area contributed by atoms with Crippen LogP contribution < -0.4 is 4.72 Å². The molecule has 0 bridgehead atoms. The Bertz CT molecular complexity index is 346. The molecule has 0 aliphatic heterocycles. The van der Waals surface area contributed by atoms with Gasteiger partial charge >= 0.3 is 0 Å². The van der Waals surface area contributed by atoms with Crippen LogP contribution in [0, 0.1) is 6.92 Å². The van der Waals surface area contributed by atoms with Gasteiger partial charge in [0.15, 0.2) is 0 Å². The minimum absolute atomic E-state index is 0.153. The van der Waals surface area contributed by atoms with Gasteiger partial charge in [-0.05, 0) is 6.92 Å². The number of nitrogens with one attached hydrogen (secondary N) is 1. The van der Waals surface area contributed by atoms with Crippen LogP contribution in [0.15, 0.2) is 24.3 Å². The second-order valence-corrected chi connectivity index (χ2v) is 3.69. The van der Waals surface area contributed by atoms with Crippen molar-refractivity contribution < 1.29 is 9.59 Å². The fourth-order valence-corrected chi connectivity index (χ4v) is 1.36. The van der Waals surface area contributed by atoms with Crippen LogP contribution in [0.4, 0.5) is 0 Å². The summed E-state index contributed by atoms with van der Waals surface area (Å²) in [6.07, 6.45) is 0. The van der Waals surface area contributed by atoms with Crippen LogP contribution >= 0.6 is 11.9 Å². The summed E-state index contributed by atoms with van der Waals surface area (Å²) in [5, 5.41) is -0.153. The zero-order valence-corrected chi connectivity index (χ0v) is 8.85. The van der Waals surface area contributed by atoms with Crippen LogP contribution in [0.5, 0.6) is 0 Å². The van der Waals surface area contributed by atoms with Crippen molar-refractivity contribution >= 4 is 23.0 Å². The third kappa shape index (κ3) is 3.22. The summed E-state index contributed by atoms with van der Waals surface area (Å²) in [4.78, 5) is 22.0. The largest absolute Gasteiger partial charge is 0.294 e. The van der Waals surface area contributed by atoms with Gasteiger partial charge in [-0.15, -0.1) is 0 Å². The Morgan fingerprint density at radius 1 is 1.21 bits per heavy atom. The van der Waals surface area contributed by atoms with E-state index in [1.165, 1.54) is 6.92 Å². The van der Waals surface area contributed by atoms with Crippen molar-refractivity contribution in [1.82, 2.24) is 4.72 Å². The van der Waals surface area contributed by atoms with Gasteiger partial charge in [0.1, 0.15) is 0 Å². The first kappa shape index (κ1) is 10.8. The van der Waals surface area contributed by atoms with Gasteiger partial charge in [-0.1, -0.05) is 29.8 Å². The molecule has 0 spiro atoms. The van der Waals surface area contributed by atoms with Gasteiger partial charge in [-0.25, -0.2) is 0 Å². The monoisotopic (exact) mass is 209 g/mol. The molecule has 1 amide bonds. The molecule has 0 unspecified atom stereocenters. The molecule has 0 aromatic heterocycles.